The standard InChI is InChI=1S/C21H47NO2Si/c1-6-9-11-13-15-17-19-22(20-18-16-14-12-10-7-2)25(23-4,24-5)21-8-3/h6-21H2,1-5H3. The van der Waals surface area contributed by atoms with Crippen LogP contribution in [0.15, 0.2) is 0 Å². The lowest BCUT2D eigenvalue weighted by Gasteiger charge is -2.38. The summed E-state index contributed by atoms with van der Waals surface area (Å²) in [5.74, 6) is 0. The molecule has 0 heterocycles. The zero-order chi connectivity index (χ0) is 18.8. The second-order valence-electron chi connectivity index (χ2n) is 7.39. The van der Waals surface area contributed by atoms with Gasteiger partial charge in [-0.15, -0.1) is 0 Å². The van der Waals surface area contributed by atoms with Gasteiger partial charge in [-0.3, -0.25) is 4.57 Å². The Kier molecular flexibility index (Phi) is 17.6. The van der Waals surface area contributed by atoms with E-state index in [1.165, 1.54) is 77.0 Å². The molecule has 25 heavy (non-hydrogen) atoms. The molecule has 0 radical (unpaired) electrons. The van der Waals surface area contributed by atoms with Crippen molar-refractivity contribution in [1.82, 2.24) is 4.57 Å². The lowest BCUT2D eigenvalue weighted by atomic mass is 10.1. The molecule has 0 rings (SSSR count). The van der Waals surface area contributed by atoms with Crippen molar-refractivity contribution < 1.29 is 8.85 Å². The maximum absolute atomic E-state index is 6.02. The summed E-state index contributed by atoms with van der Waals surface area (Å²) >= 11 is 0. The molecular weight excluding hydrogens is 326 g/mol. The van der Waals surface area contributed by atoms with Gasteiger partial charge in [-0.25, -0.2) is 0 Å². The summed E-state index contributed by atoms with van der Waals surface area (Å²) in [5.41, 5.74) is 0. The molecular formula is C21H47NO2Si. The predicted molar refractivity (Wildman–Crippen MR) is 113 cm³/mol. The van der Waals surface area contributed by atoms with Crippen LogP contribution in [0.2, 0.25) is 6.04 Å². The van der Waals surface area contributed by atoms with Crippen molar-refractivity contribution in [2.24, 2.45) is 0 Å². The molecule has 0 N–H and O–H groups in total. The van der Waals surface area contributed by atoms with Crippen LogP contribution >= 0.6 is 0 Å². The molecule has 152 valence electrons. The van der Waals surface area contributed by atoms with Gasteiger partial charge in [-0.2, -0.15) is 0 Å². The Balaban J connectivity index is 4.42. The number of hydrogen-bond donors (Lipinski definition) is 0. The molecule has 0 aromatic heterocycles. The number of unbranched alkanes of at least 4 members (excludes halogenated alkanes) is 10. The molecule has 0 aliphatic carbocycles. The van der Waals surface area contributed by atoms with E-state index in [1.54, 1.807) is 0 Å². The minimum Gasteiger partial charge on any atom is -0.386 e. The first kappa shape index (κ1) is 25.1. The van der Waals surface area contributed by atoms with Crippen molar-refractivity contribution in [2.45, 2.75) is 110 Å². The lowest BCUT2D eigenvalue weighted by molar-refractivity contribution is 0.157. The minimum absolute atomic E-state index is 1.08. The third-order valence-electron chi connectivity index (χ3n) is 5.25. The summed E-state index contributed by atoms with van der Waals surface area (Å²) in [4.78, 5) is 0. The molecule has 0 fully saturated rings. The summed E-state index contributed by atoms with van der Waals surface area (Å²) in [7, 11) is 1.53. The van der Waals surface area contributed by atoms with Crippen molar-refractivity contribution in [3.8, 4) is 0 Å². The van der Waals surface area contributed by atoms with Crippen molar-refractivity contribution in [3.05, 3.63) is 0 Å². The van der Waals surface area contributed by atoms with Crippen LogP contribution in [0, 0.1) is 0 Å². The maximum atomic E-state index is 6.02. The zero-order valence-corrected chi connectivity index (χ0v) is 19.1. The van der Waals surface area contributed by atoms with E-state index in [0.717, 1.165) is 25.6 Å². The highest BCUT2D eigenvalue weighted by Crippen LogP contribution is 2.22. The third kappa shape index (κ3) is 11.4. The van der Waals surface area contributed by atoms with E-state index in [0.29, 0.717) is 0 Å². The fourth-order valence-electron chi connectivity index (χ4n) is 3.64. The highest BCUT2D eigenvalue weighted by atomic mass is 28.4. The van der Waals surface area contributed by atoms with Crippen LogP contribution in [0.25, 0.3) is 0 Å². The molecule has 0 saturated heterocycles. The van der Waals surface area contributed by atoms with E-state index in [9.17, 15) is 0 Å². The molecule has 0 aliphatic rings. The smallest absolute Gasteiger partial charge is 0.386 e. The van der Waals surface area contributed by atoms with E-state index in [2.05, 4.69) is 25.3 Å². The monoisotopic (exact) mass is 373 g/mol. The normalized spacial score (nSPS) is 12.2. The summed E-state index contributed by atoms with van der Waals surface area (Å²) in [6.45, 7) is 9.10. The van der Waals surface area contributed by atoms with Crippen LogP contribution in [-0.2, 0) is 8.85 Å². The van der Waals surface area contributed by atoms with Crippen LogP contribution in [0.1, 0.15) is 104 Å². The summed E-state index contributed by atoms with van der Waals surface area (Å²) in [6.07, 6.45) is 17.3. The average molecular weight is 374 g/mol. The average Bonchev–Trinajstić information content (AvgIpc) is 2.64. The summed E-state index contributed by atoms with van der Waals surface area (Å²) in [5, 5.41) is 0. The van der Waals surface area contributed by atoms with E-state index in [-0.39, 0.29) is 0 Å². The third-order valence-corrected chi connectivity index (χ3v) is 9.07. The second kappa shape index (κ2) is 17.5. The van der Waals surface area contributed by atoms with Gasteiger partial charge in [0.25, 0.3) is 0 Å². The number of hydrogen-bond acceptors (Lipinski definition) is 3. The Morgan fingerprint density at radius 2 is 0.960 bits per heavy atom. The van der Waals surface area contributed by atoms with Gasteiger partial charge < -0.3 is 8.85 Å². The van der Waals surface area contributed by atoms with Gasteiger partial charge in [0.2, 0.25) is 0 Å². The van der Waals surface area contributed by atoms with Gasteiger partial charge in [0, 0.05) is 20.3 Å². The van der Waals surface area contributed by atoms with Crippen molar-refractivity contribution >= 4 is 8.72 Å². The minimum atomic E-state index is -2.19. The van der Waals surface area contributed by atoms with Gasteiger partial charge in [0.1, 0.15) is 0 Å². The van der Waals surface area contributed by atoms with Gasteiger partial charge in [0.15, 0.2) is 0 Å². The van der Waals surface area contributed by atoms with Gasteiger partial charge in [-0.1, -0.05) is 91.4 Å². The Morgan fingerprint density at radius 1 is 0.560 bits per heavy atom. The Morgan fingerprint density at radius 3 is 1.32 bits per heavy atom. The van der Waals surface area contributed by atoms with Gasteiger partial charge >= 0.3 is 8.72 Å². The highest BCUT2D eigenvalue weighted by molar-refractivity contribution is 6.64. The Bertz CT molecular complexity index is 257. The molecule has 0 amide bonds. The van der Waals surface area contributed by atoms with E-state index in [4.69, 9.17) is 8.85 Å². The Hall–Kier alpha value is 0.0969. The fourth-order valence-corrected chi connectivity index (χ4v) is 6.68. The summed E-state index contributed by atoms with van der Waals surface area (Å²) in [6, 6.07) is 1.08. The first-order valence-electron chi connectivity index (χ1n) is 11.1. The Labute approximate surface area is 160 Å². The molecule has 0 aromatic rings. The first-order chi connectivity index (χ1) is 12.2. The van der Waals surface area contributed by atoms with Crippen molar-refractivity contribution in [2.75, 3.05) is 27.3 Å². The molecule has 0 unspecified atom stereocenters. The fraction of sp³-hybridized carbons (Fsp3) is 1.00. The quantitative estimate of drug-likeness (QED) is 0.187. The molecule has 0 bridgehead atoms. The van der Waals surface area contributed by atoms with E-state index < -0.39 is 8.72 Å². The molecule has 0 spiro atoms. The molecule has 0 aliphatic heterocycles. The van der Waals surface area contributed by atoms with Gasteiger partial charge in [0.05, 0.1) is 0 Å². The van der Waals surface area contributed by atoms with Gasteiger partial charge in [-0.05, 0) is 25.9 Å². The maximum Gasteiger partial charge on any atom is 0.427 e. The topological polar surface area (TPSA) is 21.7 Å². The SMILES string of the molecule is CCCCCCCCN(CCCCCCCC)[Si](CCC)(OC)OC. The molecule has 0 saturated carbocycles. The molecule has 0 aromatic carbocycles. The van der Waals surface area contributed by atoms with E-state index in [1.807, 2.05) is 14.2 Å². The second-order valence-corrected chi connectivity index (χ2v) is 10.8. The van der Waals surface area contributed by atoms with Crippen LogP contribution in [0.3, 0.4) is 0 Å². The van der Waals surface area contributed by atoms with E-state index >= 15 is 0 Å². The van der Waals surface area contributed by atoms with Crippen LogP contribution in [0.5, 0.6) is 0 Å². The zero-order valence-electron chi connectivity index (χ0n) is 18.1. The number of rotatable bonds is 19. The van der Waals surface area contributed by atoms with Crippen LogP contribution < -0.4 is 0 Å². The van der Waals surface area contributed by atoms with Crippen LogP contribution in [-0.4, -0.2) is 40.6 Å². The van der Waals surface area contributed by atoms with Crippen molar-refractivity contribution in [3.63, 3.8) is 0 Å². The van der Waals surface area contributed by atoms with Crippen LogP contribution in [0.4, 0.5) is 0 Å². The summed E-state index contributed by atoms with van der Waals surface area (Å²) < 4.78 is 14.7. The first-order valence-corrected chi connectivity index (χ1v) is 13.0. The lowest BCUT2D eigenvalue weighted by Crippen LogP contribution is -2.58. The predicted octanol–water partition coefficient (Wildman–Crippen LogP) is 6.65. The number of nitrogens with zero attached hydrogens (tertiary/aromatic N) is 1. The van der Waals surface area contributed by atoms with Crippen molar-refractivity contribution in [1.29, 1.82) is 0 Å². The molecule has 4 heteroatoms. The largest absolute Gasteiger partial charge is 0.427 e. The molecule has 0 atom stereocenters. The molecule has 3 nitrogen and oxygen atoms in total. The highest BCUT2D eigenvalue weighted by Gasteiger charge is 2.41.